The zero-order valence-electron chi connectivity index (χ0n) is 9.78. The van der Waals surface area contributed by atoms with Crippen LogP contribution in [-0.2, 0) is 9.59 Å². The molecule has 0 spiro atoms. The Morgan fingerprint density at radius 1 is 1.50 bits per heavy atom. The largest absolute Gasteiger partial charge is 0.397 e. The zero-order valence-corrected chi connectivity index (χ0v) is 10.5. The number of hydrogen-bond acceptors (Lipinski definition) is 3. The maximum Gasteiger partial charge on any atom is 0.244 e. The van der Waals surface area contributed by atoms with Gasteiger partial charge in [0.2, 0.25) is 11.8 Å². The summed E-state index contributed by atoms with van der Waals surface area (Å²) in [5.74, 6) is -0.228. The first-order chi connectivity index (χ1) is 8.56. The summed E-state index contributed by atoms with van der Waals surface area (Å²) in [6.45, 7) is 0.712. The van der Waals surface area contributed by atoms with Crippen molar-refractivity contribution in [3.8, 4) is 0 Å². The second-order valence-corrected chi connectivity index (χ2v) is 4.64. The molecule has 0 aliphatic carbocycles. The third-order valence-corrected chi connectivity index (χ3v) is 3.03. The van der Waals surface area contributed by atoms with E-state index in [9.17, 15) is 9.59 Å². The third-order valence-electron chi connectivity index (χ3n) is 2.79. The lowest BCUT2D eigenvalue weighted by atomic mass is 10.2. The minimum atomic E-state index is -0.251. The molecule has 1 saturated heterocycles. The highest BCUT2D eigenvalue weighted by Gasteiger charge is 2.22. The summed E-state index contributed by atoms with van der Waals surface area (Å²) in [7, 11) is 0. The van der Waals surface area contributed by atoms with E-state index in [0.29, 0.717) is 29.4 Å². The van der Waals surface area contributed by atoms with E-state index in [1.807, 2.05) is 0 Å². The third kappa shape index (κ3) is 2.92. The van der Waals surface area contributed by atoms with Gasteiger partial charge in [-0.3, -0.25) is 9.59 Å². The van der Waals surface area contributed by atoms with Gasteiger partial charge in [-0.15, -0.1) is 0 Å². The monoisotopic (exact) mass is 267 g/mol. The molecule has 0 aromatic heterocycles. The van der Waals surface area contributed by atoms with Crippen LogP contribution in [0, 0.1) is 0 Å². The van der Waals surface area contributed by atoms with Crippen LogP contribution >= 0.6 is 11.6 Å². The Morgan fingerprint density at radius 2 is 2.28 bits per heavy atom. The van der Waals surface area contributed by atoms with Crippen LogP contribution in [-0.4, -0.2) is 29.8 Å². The maximum absolute atomic E-state index is 11.8. The predicted molar refractivity (Wildman–Crippen MR) is 70.3 cm³/mol. The Kier molecular flexibility index (Phi) is 3.72. The molecule has 2 rings (SSSR count). The fraction of sp³-hybridized carbons (Fsp3) is 0.333. The first kappa shape index (κ1) is 12.7. The Morgan fingerprint density at radius 3 is 2.89 bits per heavy atom. The number of nitrogens with two attached hydrogens (primary N) is 1. The minimum Gasteiger partial charge on any atom is -0.397 e. The SMILES string of the molecule is Nc1cc(Cl)ccc1NC(=O)CN1CCCC1=O. The van der Waals surface area contributed by atoms with Gasteiger partial charge in [-0.1, -0.05) is 11.6 Å². The summed E-state index contributed by atoms with van der Waals surface area (Å²) in [6.07, 6.45) is 1.34. The zero-order chi connectivity index (χ0) is 13.1. The first-order valence-corrected chi connectivity index (χ1v) is 6.07. The van der Waals surface area contributed by atoms with Crippen molar-refractivity contribution in [2.24, 2.45) is 0 Å². The number of carbonyl (C=O) groups excluding carboxylic acids is 2. The van der Waals surface area contributed by atoms with E-state index in [1.165, 1.54) is 0 Å². The molecule has 6 heteroatoms. The quantitative estimate of drug-likeness (QED) is 0.815. The number of amides is 2. The first-order valence-electron chi connectivity index (χ1n) is 5.69. The van der Waals surface area contributed by atoms with Crippen LogP contribution in [0.3, 0.4) is 0 Å². The molecule has 0 atom stereocenters. The second kappa shape index (κ2) is 5.27. The van der Waals surface area contributed by atoms with Crippen LogP contribution in [0.25, 0.3) is 0 Å². The number of anilines is 2. The summed E-state index contributed by atoms with van der Waals surface area (Å²) >= 11 is 5.76. The highest BCUT2D eigenvalue weighted by Crippen LogP contribution is 2.22. The summed E-state index contributed by atoms with van der Waals surface area (Å²) in [4.78, 5) is 24.7. The lowest BCUT2D eigenvalue weighted by Gasteiger charge is -2.15. The second-order valence-electron chi connectivity index (χ2n) is 4.20. The molecule has 2 amide bonds. The Hall–Kier alpha value is -1.75. The summed E-state index contributed by atoms with van der Waals surface area (Å²) in [5.41, 5.74) is 6.64. The average molecular weight is 268 g/mol. The highest BCUT2D eigenvalue weighted by atomic mass is 35.5. The topological polar surface area (TPSA) is 75.4 Å². The minimum absolute atomic E-state index is 0.0224. The van der Waals surface area contributed by atoms with Crippen LogP contribution in [0.1, 0.15) is 12.8 Å². The van der Waals surface area contributed by atoms with E-state index in [2.05, 4.69) is 5.32 Å². The molecule has 1 fully saturated rings. The number of nitrogen functional groups attached to an aromatic ring is 1. The van der Waals surface area contributed by atoms with Gasteiger partial charge in [0.25, 0.3) is 0 Å². The molecular weight excluding hydrogens is 254 g/mol. The highest BCUT2D eigenvalue weighted by molar-refractivity contribution is 6.31. The van der Waals surface area contributed by atoms with Crippen molar-refractivity contribution < 1.29 is 9.59 Å². The van der Waals surface area contributed by atoms with Gasteiger partial charge >= 0.3 is 0 Å². The molecule has 1 aromatic carbocycles. The standard InChI is InChI=1S/C12H14ClN3O2/c13-8-3-4-10(9(14)6-8)15-11(17)7-16-5-1-2-12(16)18/h3-4,6H,1-2,5,7,14H2,(H,15,17). The van der Waals surface area contributed by atoms with Gasteiger partial charge in [-0.25, -0.2) is 0 Å². The molecule has 1 aromatic rings. The molecule has 3 N–H and O–H groups in total. The Balaban J connectivity index is 1.96. The normalized spacial score (nSPS) is 14.9. The lowest BCUT2D eigenvalue weighted by Crippen LogP contribution is -2.34. The van der Waals surface area contributed by atoms with Gasteiger partial charge < -0.3 is 16.0 Å². The number of nitrogens with one attached hydrogen (secondary N) is 1. The van der Waals surface area contributed by atoms with Crippen LogP contribution in [0.15, 0.2) is 18.2 Å². The van der Waals surface area contributed by atoms with Crippen molar-refractivity contribution in [2.45, 2.75) is 12.8 Å². The van der Waals surface area contributed by atoms with Crippen LogP contribution in [0.5, 0.6) is 0 Å². The van der Waals surface area contributed by atoms with Crippen LogP contribution in [0.4, 0.5) is 11.4 Å². The molecule has 96 valence electrons. The van der Waals surface area contributed by atoms with Crippen molar-refractivity contribution in [1.82, 2.24) is 4.90 Å². The fourth-order valence-electron chi connectivity index (χ4n) is 1.88. The van der Waals surface area contributed by atoms with E-state index < -0.39 is 0 Å². The molecule has 18 heavy (non-hydrogen) atoms. The molecule has 1 heterocycles. The van der Waals surface area contributed by atoms with E-state index >= 15 is 0 Å². The summed E-state index contributed by atoms with van der Waals surface area (Å²) < 4.78 is 0. The van der Waals surface area contributed by atoms with Crippen molar-refractivity contribution >= 4 is 34.8 Å². The number of benzene rings is 1. The molecule has 1 aliphatic heterocycles. The number of rotatable bonds is 3. The number of carbonyl (C=O) groups is 2. The van der Waals surface area contributed by atoms with E-state index in [4.69, 9.17) is 17.3 Å². The fourth-order valence-corrected chi connectivity index (χ4v) is 2.06. The van der Waals surface area contributed by atoms with Crippen LogP contribution < -0.4 is 11.1 Å². The predicted octanol–water partition coefficient (Wildman–Crippen LogP) is 1.48. The van der Waals surface area contributed by atoms with Crippen molar-refractivity contribution in [3.63, 3.8) is 0 Å². The van der Waals surface area contributed by atoms with E-state index in [1.54, 1.807) is 23.1 Å². The maximum atomic E-state index is 11.8. The Labute approximate surface area is 110 Å². The molecule has 1 aliphatic rings. The molecule has 0 saturated carbocycles. The smallest absolute Gasteiger partial charge is 0.244 e. The summed E-state index contributed by atoms with van der Waals surface area (Å²) in [5, 5.41) is 3.18. The molecule has 0 radical (unpaired) electrons. The number of halogens is 1. The number of likely N-dealkylation sites (tertiary alicyclic amines) is 1. The van der Waals surface area contributed by atoms with Crippen molar-refractivity contribution in [2.75, 3.05) is 24.1 Å². The van der Waals surface area contributed by atoms with Crippen molar-refractivity contribution in [1.29, 1.82) is 0 Å². The molecule has 5 nitrogen and oxygen atoms in total. The van der Waals surface area contributed by atoms with E-state index in [-0.39, 0.29) is 18.4 Å². The molecule has 0 unspecified atom stereocenters. The van der Waals surface area contributed by atoms with Gasteiger partial charge in [0.15, 0.2) is 0 Å². The van der Waals surface area contributed by atoms with Gasteiger partial charge in [0.05, 0.1) is 17.9 Å². The lowest BCUT2D eigenvalue weighted by molar-refractivity contribution is -0.131. The number of nitrogens with zero attached hydrogens (tertiary/aromatic N) is 1. The average Bonchev–Trinajstić information content (AvgIpc) is 2.69. The van der Waals surface area contributed by atoms with Gasteiger partial charge in [-0.05, 0) is 24.6 Å². The molecule has 0 bridgehead atoms. The number of hydrogen-bond donors (Lipinski definition) is 2. The van der Waals surface area contributed by atoms with Crippen molar-refractivity contribution in [3.05, 3.63) is 23.2 Å². The van der Waals surface area contributed by atoms with Gasteiger partial charge in [-0.2, -0.15) is 0 Å². The van der Waals surface area contributed by atoms with E-state index in [0.717, 1.165) is 6.42 Å². The van der Waals surface area contributed by atoms with Gasteiger partial charge in [0.1, 0.15) is 0 Å². The van der Waals surface area contributed by atoms with Crippen LogP contribution in [0.2, 0.25) is 5.02 Å². The van der Waals surface area contributed by atoms with Gasteiger partial charge in [0, 0.05) is 18.0 Å². The summed E-state index contributed by atoms with van der Waals surface area (Å²) in [6, 6.07) is 4.86. The Bertz CT molecular complexity index is 490. The molecular formula is C12H14ClN3O2.